The minimum absolute atomic E-state index is 0.0236. The molecule has 0 bridgehead atoms. The van der Waals surface area contributed by atoms with Gasteiger partial charge in [-0.3, -0.25) is 4.79 Å². The first-order chi connectivity index (χ1) is 6.87. The number of hydrogen-bond acceptors (Lipinski definition) is 2. The molecule has 0 saturated carbocycles. The molecule has 1 atom stereocenters. The summed E-state index contributed by atoms with van der Waals surface area (Å²) < 4.78 is 35.2. The fraction of sp³-hybridized carbons (Fsp3) is 0.889. The maximum absolute atomic E-state index is 11.7. The SMILES string of the molecule is CCC[C@H](N)C(=O)NCCCC(F)(F)F. The second-order valence-corrected chi connectivity index (χ2v) is 3.40. The van der Waals surface area contributed by atoms with Crippen LogP contribution >= 0.6 is 0 Å². The van der Waals surface area contributed by atoms with E-state index in [9.17, 15) is 18.0 Å². The predicted octanol–water partition coefficient (Wildman–Crippen LogP) is 1.57. The standard InChI is InChI=1S/C9H17F3N2O/c1-2-4-7(13)8(15)14-6-3-5-9(10,11)12/h7H,2-6,13H2,1H3,(H,14,15)/t7-/m0/s1. The topological polar surface area (TPSA) is 55.1 Å². The Bertz CT molecular complexity index is 194. The van der Waals surface area contributed by atoms with Gasteiger partial charge in [-0.2, -0.15) is 13.2 Å². The molecule has 0 fully saturated rings. The van der Waals surface area contributed by atoms with Crippen LogP contribution in [-0.4, -0.2) is 24.7 Å². The van der Waals surface area contributed by atoms with Crippen molar-refractivity contribution in [3.05, 3.63) is 0 Å². The average molecular weight is 226 g/mol. The molecule has 0 rings (SSSR count). The number of hydrogen-bond donors (Lipinski definition) is 2. The Labute approximate surface area is 87.2 Å². The zero-order valence-electron chi connectivity index (χ0n) is 8.73. The summed E-state index contributed by atoms with van der Waals surface area (Å²) in [4.78, 5) is 11.1. The molecule has 0 unspecified atom stereocenters. The van der Waals surface area contributed by atoms with E-state index in [1.54, 1.807) is 0 Å². The van der Waals surface area contributed by atoms with Gasteiger partial charge in [-0.15, -0.1) is 0 Å². The summed E-state index contributed by atoms with van der Waals surface area (Å²) in [5.41, 5.74) is 5.46. The van der Waals surface area contributed by atoms with Crippen LogP contribution in [0.5, 0.6) is 0 Å². The van der Waals surface area contributed by atoms with Crippen LogP contribution in [0, 0.1) is 0 Å². The molecule has 0 aliphatic rings. The Morgan fingerprint density at radius 1 is 1.47 bits per heavy atom. The fourth-order valence-corrected chi connectivity index (χ4v) is 1.07. The van der Waals surface area contributed by atoms with Crippen molar-refractivity contribution in [2.24, 2.45) is 5.73 Å². The van der Waals surface area contributed by atoms with Crippen molar-refractivity contribution >= 4 is 5.91 Å². The van der Waals surface area contributed by atoms with Crippen molar-refractivity contribution in [1.29, 1.82) is 0 Å². The Balaban J connectivity index is 3.55. The van der Waals surface area contributed by atoms with Crippen LogP contribution in [0.1, 0.15) is 32.6 Å². The van der Waals surface area contributed by atoms with Crippen LogP contribution in [-0.2, 0) is 4.79 Å². The van der Waals surface area contributed by atoms with Crippen LogP contribution in [0.25, 0.3) is 0 Å². The van der Waals surface area contributed by atoms with Gasteiger partial charge in [-0.1, -0.05) is 13.3 Å². The number of alkyl halides is 3. The molecule has 0 aromatic carbocycles. The molecule has 15 heavy (non-hydrogen) atoms. The lowest BCUT2D eigenvalue weighted by molar-refractivity contribution is -0.136. The van der Waals surface area contributed by atoms with E-state index < -0.39 is 18.6 Å². The summed E-state index contributed by atoms with van der Waals surface area (Å²) in [6, 6.07) is -0.610. The molecule has 0 saturated heterocycles. The molecule has 6 heteroatoms. The van der Waals surface area contributed by atoms with Crippen molar-refractivity contribution in [3.63, 3.8) is 0 Å². The minimum Gasteiger partial charge on any atom is -0.355 e. The van der Waals surface area contributed by atoms with Gasteiger partial charge in [0.25, 0.3) is 0 Å². The Kier molecular flexibility index (Phi) is 6.31. The van der Waals surface area contributed by atoms with Gasteiger partial charge in [0.1, 0.15) is 0 Å². The minimum atomic E-state index is -4.16. The normalized spacial score (nSPS) is 13.7. The molecule has 0 heterocycles. The van der Waals surface area contributed by atoms with Crippen LogP contribution in [0.4, 0.5) is 13.2 Å². The van der Waals surface area contributed by atoms with Gasteiger partial charge < -0.3 is 11.1 Å². The van der Waals surface area contributed by atoms with Gasteiger partial charge in [0.15, 0.2) is 0 Å². The lowest BCUT2D eigenvalue weighted by atomic mass is 10.1. The van der Waals surface area contributed by atoms with E-state index >= 15 is 0 Å². The van der Waals surface area contributed by atoms with Crippen molar-refractivity contribution in [1.82, 2.24) is 5.32 Å². The summed E-state index contributed by atoms with van der Waals surface area (Å²) in [6.07, 6.45) is -3.82. The third-order valence-electron chi connectivity index (χ3n) is 1.87. The summed E-state index contributed by atoms with van der Waals surface area (Å²) in [5.74, 6) is -0.376. The van der Waals surface area contributed by atoms with Gasteiger partial charge >= 0.3 is 6.18 Å². The highest BCUT2D eigenvalue weighted by Gasteiger charge is 2.26. The zero-order chi connectivity index (χ0) is 11.9. The quantitative estimate of drug-likeness (QED) is 0.675. The van der Waals surface area contributed by atoms with Crippen LogP contribution in [0.2, 0.25) is 0 Å². The molecular formula is C9H17F3N2O. The smallest absolute Gasteiger partial charge is 0.355 e. The maximum Gasteiger partial charge on any atom is 0.389 e. The van der Waals surface area contributed by atoms with Crippen molar-refractivity contribution in [2.45, 2.75) is 44.8 Å². The molecular weight excluding hydrogens is 209 g/mol. The molecule has 0 aliphatic heterocycles. The number of rotatable bonds is 6. The highest BCUT2D eigenvalue weighted by molar-refractivity contribution is 5.81. The Morgan fingerprint density at radius 2 is 2.07 bits per heavy atom. The lowest BCUT2D eigenvalue weighted by Crippen LogP contribution is -2.40. The maximum atomic E-state index is 11.7. The van der Waals surface area contributed by atoms with Crippen LogP contribution < -0.4 is 11.1 Å². The van der Waals surface area contributed by atoms with Crippen LogP contribution in [0.3, 0.4) is 0 Å². The highest BCUT2D eigenvalue weighted by Crippen LogP contribution is 2.20. The number of carbonyl (C=O) groups is 1. The highest BCUT2D eigenvalue weighted by atomic mass is 19.4. The van der Waals surface area contributed by atoms with Crippen molar-refractivity contribution in [3.8, 4) is 0 Å². The van der Waals surface area contributed by atoms with E-state index in [1.807, 2.05) is 6.92 Å². The molecule has 3 nitrogen and oxygen atoms in total. The second-order valence-electron chi connectivity index (χ2n) is 3.40. The largest absolute Gasteiger partial charge is 0.389 e. The first-order valence-corrected chi connectivity index (χ1v) is 4.97. The number of carbonyl (C=O) groups excluding carboxylic acids is 1. The van der Waals surface area contributed by atoms with Gasteiger partial charge in [0.05, 0.1) is 6.04 Å². The molecule has 90 valence electrons. The number of nitrogens with two attached hydrogens (primary N) is 1. The second kappa shape index (κ2) is 6.66. The third kappa shape index (κ3) is 8.23. The molecule has 3 N–H and O–H groups in total. The van der Waals surface area contributed by atoms with E-state index in [0.29, 0.717) is 6.42 Å². The average Bonchev–Trinajstić information content (AvgIpc) is 2.11. The van der Waals surface area contributed by atoms with Crippen molar-refractivity contribution in [2.75, 3.05) is 6.54 Å². The fourth-order valence-electron chi connectivity index (χ4n) is 1.07. The third-order valence-corrected chi connectivity index (χ3v) is 1.87. The Hall–Kier alpha value is -0.780. The molecule has 0 aromatic heterocycles. The molecule has 0 aliphatic carbocycles. The number of amides is 1. The number of nitrogens with one attached hydrogen (secondary N) is 1. The summed E-state index contributed by atoms with van der Waals surface area (Å²) >= 11 is 0. The van der Waals surface area contributed by atoms with E-state index in [1.165, 1.54) is 0 Å². The molecule has 1 amide bonds. The number of halogens is 3. The van der Waals surface area contributed by atoms with Gasteiger partial charge in [-0.25, -0.2) is 0 Å². The van der Waals surface area contributed by atoms with Crippen molar-refractivity contribution < 1.29 is 18.0 Å². The van der Waals surface area contributed by atoms with E-state index in [-0.39, 0.29) is 18.9 Å². The first kappa shape index (κ1) is 14.2. The van der Waals surface area contributed by atoms with Crippen LogP contribution in [0.15, 0.2) is 0 Å². The Morgan fingerprint density at radius 3 is 2.53 bits per heavy atom. The summed E-state index contributed by atoms with van der Waals surface area (Å²) in [7, 11) is 0. The zero-order valence-corrected chi connectivity index (χ0v) is 8.73. The van der Waals surface area contributed by atoms with E-state index in [4.69, 9.17) is 5.73 Å². The molecule has 0 aromatic rings. The summed E-state index contributed by atoms with van der Waals surface area (Å²) in [5, 5.41) is 2.38. The van der Waals surface area contributed by atoms with Gasteiger partial charge in [0, 0.05) is 13.0 Å². The van der Waals surface area contributed by atoms with E-state index in [2.05, 4.69) is 5.32 Å². The van der Waals surface area contributed by atoms with Gasteiger partial charge in [0.2, 0.25) is 5.91 Å². The van der Waals surface area contributed by atoms with E-state index in [0.717, 1.165) is 6.42 Å². The monoisotopic (exact) mass is 226 g/mol. The lowest BCUT2D eigenvalue weighted by Gasteiger charge is -2.11. The summed E-state index contributed by atoms with van der Waals surface area (Å²) in [6.45, 7) is 1.91. The van der Waals surface area contributed by atoms with Gasteiger partial charge in [-0.05, 0) is 12.8 Å². The molecule has 0 spiro atoms. The predicted molar refractivity (Wildman–Crippen MR) is 51.2 cm³/mol. The first-order valence-electron chi connectivity index (χ1n) is 4.97. The molecule has 0 radical (unpaired) electrons.